The minimum Gasteiger partial charge on any atom is -0.395 e. The molecular weight excluding hydrogens is 565 g/mol. The molecule has 0 bridgehead atoms. The Bertz CT molecular complexity index is 1600. The zero-order valence-electron chi connectivity index (χ0n) is 23.3. The van der Waals surface area contributed by atoms with Gasteiger partial charge in [0.25, 0.3) is 5.92 Å². The van der Waals surface area contributed by atoms with Crippen LogP contribution in [0.2, 0.25) is 0 Å². The van der Waals surface area contributed by atoms with Crippen LogP contribution in [0.15, 0.2) is 48.7 Å². The summed E-state index contributed by atoms with van der Waals surface area (Å²) >= 11 is 0. The van der Waals surface area contributed by atoms with Gasteiger partial charge in [0.15, 0.2) is 0 Å². The molecule has 3 fully saturated rings. The fraction of sp³-hybridized carbons (Fsp3) is 0.452. The van der Waals surface area contributed by atoms with E-state index in [-0.39, 0.29) is 25.9 Å². The van der Waals surface area contributed by atoms with Crippen LogP contribution < -0.4 is 14.5 Å². The summed E-state index contributed by atoms with van der Waals surface area (Å²) in [5, 5.41) is 9.90. The van der Waals surface area contributed by atoms with Crippen LogP contribution in [0.4, 0.5) is 30.2 Å². The number of fused-ring (bicyclic) bond motifs is 1. The van der Waals surface area contributed by atoms with Crippen molar-refractivity contribution >= 4 is 49.9 Å². The first-order chi connectivity index (χ1) is 20.1. The number of halogens is 3. The molecule has 224 valence electrons. The molecule has 0 unspecified atom stereocenters. The SMILES string of the molecule is O=S(=O)(CCO)Nc1ccc(/C(F)=C\c2cc(N3CCC(F)(F)CC3)c3ncccc3c2)c(N2CCC3(CC2)CC3)c1. The maximum absolute atomic E-state index is 16.2. The van der Waals surface area contributed by atoms with Gasteiger partial charge in [-0.05, 0) is 79.1 Å². The lowest BCUT2D eigenvalue weighted by atomic mass is 9.93. The molecule has 3 heterocycles. The summed E-state index contributed by atoms with van der Waals surface area (Å²) in [6.07, 6.45) is 7.06. The van der Waals surface area contributed by atoms with Crippen molar-refractivity contribution in [3.8, 4) is 0 Å². The number of aliphatic hydroxyl groups is 1. The lowest BCUT2D eigenvalue weighted by molar-refractivity contribution is -0.0220. The molecule has 1 saturated carbocycles. The molecule has 7 nitrogen and oxygen atoms in total. The molecule has 2 aliphatic heterocycles. The molecule has 6 rings (SSSR count). The van der Waals surface area contributed by atoms with E-state index in [1.165, 1.54) is 25.0 Å². The number of aliphatic hydroxyl groups excluding tert-OH is 1. The number of anilines is 3. The summed E-state index contributed by atoms with van der Waals surface area (Å²) in [7, 11) is -3.75. The number of hydrogen-bond donors (Lipinski definition) is 2. The number of alkyl halides is 2. The van der Waals surface area contributed by atoms with Gasteiger partial charge >= 0.3 is 0 Å². The molecule has 2 N–H and O–H groups in total. The summed E-state index contributed by atoms with van der Waals surface area (Å²) in [5.41, 5.74) is 3.61. The van der Waals surface area contributed by atoms with E-state index in [9.17, 15) is 17.2 Å². The fourth-order valence-electron chi connectivity index (χ4n) is 6.13. The van der Waals surface area contributed by atoms with Gasteiger partial charge in [0.05, 0.1) is 29.3 Å². The molecule has 11 heteroatoms. The topological polar surface area (TPSA) is 85.8 Å². The Labute approximate surface area is 244 Å². The third-order valence-electron chi connectivity index (χ3n) is 8.85. The molecule has 0 amide bonds. The van der Waals surface area contributed by atoms with E-state index in [2.05, 4.69) is 14.6 Å². The second-order valence-corrected chi connectivity index (χ2v) is 13.7. The maximum atomic E-state index is 16.2. The first-order valence-electron chi connectivity index (χ1n) is 14.4. The van der Waals surface area contributed by atoms with Gasteiger partial charge in [0, 0.05) is 61.9 Å². The number of rotatable bonds is 8. The van der Waals surface area contributed by atoms with Gasteiger partial charge in [-0.25, -0.2) is 21.6 Å². The van der Waals surface area contributed by atoms with Crippen molar-refractivity contribution < 1.29 is 26.7 Å². The lowest BCUT2D eigenvalue weighted by Gasteiger charge is -2.35. The Morgan fingerprint density at radius 1 is 0.952 bits per heavy atom. The number of pyridine rings is 1. The maximum Gasteiger partial charge on any atom is 0.251 e. The molecule has 1 spiro atoms. The predicted molar refractivity (Wildman–Crippen MR) is 161 cm³/mol. The highest BCUT2D eigenvalue weighted by Gasteiger charge is 2.44. The fourth-order valence-corrected chi connectivity index (χ4v) is 6.96. The van der Waals surface area contributed by atoms with Crippen LogP contribution in [0, 0.1) is 5.41 Å². The molecule has 1 aliphatic carbocycles. The predicted octanol–water partition coefficient (Wildman–Crippen LogP) is 6.05. The van der Waals surface area contributed by atoms with Crippen molar-refractivity contribution in [3.63, 3.8) is 0 Å². The first kappa shape index (κ1) is 28.8. The van der Waals surface area contributed by atoms with Crippen molar-refractivity contribution in [3.05, 3.63) is 59.8 Å². The third-order valence-corrected chi connectivity index (χ3v) is 10.1. The zero-order chi connectivity index (χ0) is 29.5. The largest absolute Gasteiger partial charge is 0.395 e. The third kappa shape index (κ3) is 6.22. The number of piperidine rings is 2. The van der Waals surface area contributed by atoms with Gasteiger partial charge in [0.1, 0.15) is 5.83 Å². The molecule has 1 aromatic heterocycles. The van der Waals surface area contributed by atoms with Crippen LogP contribution in [0.5, 0.6) is 0 Å². The molecule has 2 aromatic carbocycles. The van der Waals surface area contributed by atoms with Crippen molar-refractivity contribution in [1.82, 2.24) is 4.98 Å². The smallest absolute Gasteiger partial charge is 0.251 e. The number of hydrogen-bond acceptors (Lipinski definition) is 6. The average molecular weight is 601 g/mol. The molecule has 2 saturated heterocycles. The summed E-state index contributed by atoms with van der Waals surface area (Å²) < 4.78 is 71.1. The second-order valence-electron chi connectivity index (χ2n) is 11.8. The van der Waals surface area contributed by atoms with Crippen LogP contribution in [-0.2, 0) is 10.0 Å². The Morgan fingerprint density at radius 3 is 2.33 bits per heavy atom. The molecule has 0 radical (unpaired) electrons. The summed E-state index contributed by atoms with van der Waals surface area (Å²) in [5.74, 6) is -3.61. The summed E-state index contributed by atoms with van der Waals surface area (Å²) in [6.45, 7) is 1.36. The Balaban J connectivity index is 1.36. The second kappa shape index (κ2) is 11.1. The average Bonchev–Trinajstić information content (AvgIpc) is 3.71. The monoisotopic (exact) mass is 600 g/mol. The van der Waals surface area contributed by atoms with Gasteiger partial charge in [-0.2, -0.15) is 0 Å². The molecule has 3 aliphatic rings. The van der Waals surface area contributed by atoms with Crippen LogP contribution in [-0.4, -0.2) is 63.0 Å². The summed E-state index contributed by atoms with van der Waals surface area (Å²) in [6, 6.07) is 12.1. The van der Waals surface area contributed by atoms with Crippen LogP contribution in [0.25, 0.3) is 22.8 Å². The standard InChI is InChI=1S/C31H35F3N4O3S/c32-26(19-22-18-23-2-1-11-35-29(23)28(20-22)38-14-9-31(33,34)10-15-38)25-4-3-24(36-42(40,41)17-16-39)21-27(25)37-12-7-30(5-6-30)8-13-37/h1-4,11,18-21,36,39H,5-10,12-17H2/b26-19+. The van der Waals surface area contributed by atoms with Crippen LogP contribution >= 0.6 is 0 Å². The number of nitrogens with one attached hydrogen (secondary N) is 1. The van der Waals surface area contributed by atoms with Crippen LogP contribution in [0.1, 0.15) is 49.7 Å². The van der Waals surface area contributed by atoms with Crippen molar-refractivity contribution in [2.45, 2.75) is 44.4 Å². The Morgan fingerprint density at radius 2 is 1.64 bits per heavy atom. The van der Waals surface area contributed by atoms with Gasteiger partial charge in [-0.15, -0.1) is 0 Å². The van der Waals surface area contributed by atoms with E-state index in [0.29, 0.717) is 39.1 Å². The highest BCUT2D eigenvalue weighted by atomic mass is 32.2. The molecular formula is C31H35F3N4O3S. The number of sulfonamides is 1. The van der Waals surface area contributed by atoms with Gasteiger partial charge < -0.3 is 14.9 Å². The highest BCUT2D eigenvalue weighted by molar-refractivity contribution is 7.92. The van der Waals surface area contributed by atoms with Gasteiger partial charge in [-0.1, -0.05) is 6.07 Å². The minimum absolute atomic E-state index is 0.183. The van der Waals surface area contributed by atoms with Crippen molar-refractivity contribution in [2.75, 3.05) is 53.1 Å². The number of benzene rings is 2. The first-order valence-corrected chi connectivity index (χ1v) is 16.1. The van der Waals surface area contributed by atoms with Gasteiger partial charge in [-0.3, -0.25) is 9.71 Å². The lowest BCUT2D eigenvalue weighted by Crippen LogP contribution is -2.39. The highest BCUT2D eigenvalue weighted by Crippen LogP contribution is 2.54. The van der Waals surface area contributed by atoms with E-state index in [1.807, 2.05) is 17.0 Å². The normalized spacial score (nSPS) is 20.2. The summed E-state index contributed by atoms with van der Waals surface area (Å²) in [4.78, 5) is 8.50. The van der Waals surface area contributed by atoms with E-state index >= 15 is 4.39 Å². The van der Waals surface area contributed by atoms with E-state index in [1.54, 1.807) is 30.5 Å². The molecule has 0 atom stereocenters. The van der Waals surface area contributed by atoms with E-state index < -0.39 is 34.1 Å². The zero-order valence-corrected chi connectivity index (χ0v) is 24.1. The van der Waals surface area contributed by atoms with Gasteiger partial charge in [0.2, 0.25) is 10.0 Å². The quantitative estimate of drug-likeness (QED) is 0.306. The minimum atomic E-state index is -3.75. The van der Waals surface area contributed by atoms with E-state index in [0.717, 1.165) is 31.3 Å². The van der Waals surface area contributed by atoms with Crippen LogP contribution in [0.3, 0.4) is 0 Å². The number of aromatic nitrogens is 1. The molecule has 3 aromatic rings. The number of nitrogens with zero attached hydrogens (tertiary/aromatic N) is 3. The van der Waals surface area contributed by atoms with Crippen molar-refractivity contribution in [1.29, 1.82) is 0 Å². The van der Waals surface area contributed by atoms with E-state index in [4.69, 9.17) is 5.11 Å². The van der Waals surface area contributed by atoms with Crippen molar-refractivity contribution in [2.24, 2.45) is 5.41 Å². The Hall–Kier alpha value is -3.31. The molecule has 42 heavy (non-hydrogen) atoms. The Kier molecular flexibility index (Phi) is 7.59.